The van der Waals surface area contributed by atoms with Gasteiger partial charge in [-0.1, -0.05) is 23.7 Å². The fourth-order valence-corrected chi connectivity index (χ4v) is 4.29. The lowest BCUT2D eigenvalue weighted by atomic mass is 9.97. The van der Waals surface area contributed by atoms with Gasteiger partial charge in [-0.3, -0.25) is 9.69 Å². The molecule has 1 amide bonds. The molecule has 1 aromatic carbocycles. The number of anilines is 1. The van der Waals surface area contributed by atoms with E-state index in [1.54, 1.807) is 24.3 Å². The molecule has 0 saturated carbocycles. The first-order valence-electron chi connectivity index (χ1n) is 10.6. The lowest BCUT2D eigenvalue weighted by molar-refractivity contribution is -0.173. The third-order valence-electron chi connectivity index (χ3n) is 5.85. The molecule has 180 valence electrons. The van der Waals surface area contributed by atoms with E-state index < -0.39 is 24.2 Å². The zero-order valence-electron chi connectivity index (χ0n) is 18.0. The molecule has 2 N–H and O–H groups in total. The highest BCUT2D eigenvalue weighted by Gasteiger charge is 2.47. The summed E-state index contributed by atoms with van der Waals surface area (Å²) >= 11 is 6.36. The van der Waals surface area contributed by atoms with Gasteiger partial charge < -0.3 is 20.1 Å². The predicted molar refractivity (Wildman–Crippen MR) is 116 cm³/mol. The van der Waals surface area contributed by atoms with Crippen LogP contribution < -0.4 is 15.4 Å². The number of alkyl halides is 3. The van der Waals surface area contributed by atoms with Gasteiger partial charge in [0.15, 0.2) is 11.7 Å². The Hall–Kier alpha value is -2.50. The van der Waals surface area contributed by atoms with Crippen molar-refractivity contribution in [3.8, 4) is 5.75 Å². The number of amides is 1. The van der Waals surface area contributed by atoms with Gasteiger partial charge in [0, 0.05) is 32.6 Å². The molecule has 1 fully saturated rings. The summed E-state index contributed by atoms with van der Waals surface area (Å²) in [7, 11) is 1.51. The lowest BCUT2D eigenvalue weighted by Crippen LogP contribution is -2.41. The Bertz CT molecular complexity index is 977. The van der Waals surface area contributed by atoms with Gasteiger partial charge in [-0.25, -0.2) is 4.68 Å². The zero-order chi connectivity index (χ0) is 23.6. The first kappa shape index (κ1) is 23.7. The topological polar surface area (TPSA) is 80.7 Å². The van der Waals surface area contributed by atoms with Crippen LogP contribution in [0, 0.1) is 0 Å². The fourth-order valence-electron chi connectivity index (χ4n) is 4.03. The average molecular weight is 488 g/mol. The maximum absolute atomic E-state index is 13.9. The number of nitrogens with zero attached hydrogens (tertiary/aromatic N) is 3. The van der Waals surface area contributed by atoms with Crippen LogP contribution in [0.5, 0.6) is 5.75 Å². The number of nitrogens with one attached hydrogen (secondary N) is 2. The maximum atomic E-state index is 13.9. The standard InChI is InChI=1S/C21H25ClF3N5O3/c1-32-14-4-2-13(3-5-14)15-12-16(21(23,24)25)30-19(27-15)17(22)18(28-30)20(31)26-6-7-29-8-10-33-11-9-29/h2-5,15-16,27H,6-12H2,1H3,(H,26,31). The highest BCUT2D eigenvalue weighted by Crippen LogP contribution is 2.46. The van der Waals surface area contributed by atoms with E-state index in [4.69, 9.17) is 21.1 Å². The van der Waals surface area contributed by atoms with Crippen molar-refractivity contribution >= 4 is 23.3 Å². The molecule has 8 nitrogen and oxygen atoms in total. The van der Waals surface area contributed by atoms with Crippen LogP contribution in [0.4, 0.5) is 19.0 Å². The number of hydrogen-bond donors (Lipinski definition) is 2. The minimum absolute atomic E-state index is 0.0237. The van der Waals surface area contributed by atoms with Gasteiger partial charge in [-0.2, -0.15) is 18.3 Å². The van der Waals surface area contributed by atoms with E-state index in [0.29, 0.717) is 37.6 Å². The minimum atomic E-state index is -4.57. The van der Waals surface area contributed by atoms with Gasteiger partial charge in [0.25, 0.3) is 5.91 Å². The van der Waals surface area contributed by atoms with Crippen molar-refractivity contribution in [2.75, 3.05) is 51.8 Å². The zero-order valence-corrected chi connectivity index (χ0v) is 18.7. The molecule has 1 saturated heterocycles. The largest absolute Gasteiger partial charge is 0.497 e. The first-order valence-corrected chi connectivity index (χ1v) is 11.0. The molecule has 1 aromatic heterocycles. The Morgan fingerprint density at radius 3 is 2.64 bits per heavy atom. The summed E-state index contributed by atoms with van der Waals surface area (Å²) in [6.45, 7) is 3.71. The number of methoxy groups -OCH3 is 1. The quantitative estimate of drug-likeness (QED) is 0.651. The van der Waals surface area contributed by atoms with Crippen molar-refractivity contribution in [1.82, 2.24) is 20.0 Å². The van der Waals surface area contributed by atoms with E-state index in [9.17, 15) is 18.0 Å². The number of aromatic nitrogens is 2. The van der Waals surface area contributed by atoms with Gasteiger partial charge in [-0.15, -0.1) is 0 Å². The molecule has 12 heteroatoms. The second-order valence-electron chi connectivity index (χ2n) is 7.93. The molecule has 2 unspecified atom stereocenters. The number of ether oxygens (including phenoxy) is 2. The smallest absolute Gasteiger partial charge is 0.410 e. The van der Waals surface area contributed by atoms with Crippen LogP contribution in [-0.4, -0.2) is 73.3 Å². The molecular weight excluding hydrogens is 463 g/mol. The number of benzene rings is 1. The van der Waals surface area contributed by atoms with Crippen LogP contribution in [0.25, 0.3) is 0 Å². The number of morpholine rings is 1. The van der Waals surface area contributed by atoms with E-state index in [-0.39, 0.29) is 23.0 Å². The number of carbonyl (C=O) groups excluding carboxylic acids is 1. The fraction of sp³-hybridized carbons (Fsp3) is 0.524. The number of carbonyl (C=O) groups is 1. The van der Waals surface area contributed by atoms with Crippen molar-refractivity contribution in [2.45, 2.75) is 24.7 Å². The number of rotatable bonds is 6. The van der Waals surface area contributed by atoms with Crippen LogP contribution in [-0.2, 0) is 4.74 Å². The van der Waals surface area contributed by atoms with Gasteiger partial charge in [-0.05, 0) is 17.7 Å². The van der Waals surface area contributed by atoms with E-state index in [2.05, 4.69) is 20.6 Å². The molecule has 4 rings (SSSR count). The van der Waals surface area contributed by atoms with E-state index in [1.807, 2.05) is 0 Å². The summed E-state index contributed by atoms with van der Waals surface area (Å²) in [5.41, 5.74) is 0.413. The van der Waals surface area contributed by atoms with Crippen LogP contribution in [0.2, 0.25) is 5.02 Å². The third-order valence-corrected chi connectivity index (χ3v) is 6.20. The van der Waals surface area contributed by atoms with Gasteiger partial charge >= 0.3 is 6.18 Å². The first-order chi connectivity index (χ1) is 15.8. The molecule has 0 bridgehead atoms. The van der Waals surface area contributed by atoms with E-state index in [1.165, 1.54) is 7.11 Å². The normalized spacial score (nSPS) is 21.2. The van der Waals surface area contributed by atoms with Crippen LogP contribution in [0.15, 0.2) is 24.3 Å². The minimum Gasteiger partial charge on any atom is -0.497 e. The Labute approximate surface area is 194 Å². The van der Waals surface area contributed by atoms with Crippen molar-refractivity contribution in [3.63, 3.8) is 0 Å². The summed E-state index contributed by atoms with van der Waals surface area (Å²) in [6.07, 6.45) is -4.86. The Morgan fingerprint density at radius 2 is 2.00 bits per heavy atom. The monoisotopic (exact) mass is 487 g/mol. The molecule has 33 heavy (non-hydrogen) atoms. The van der Waals surface area contributed by atoms with Gasteiger partial charge in [0.1, 0.15) is 16.6 Å². The molecule has 2 aliphatic rings. The Kier molecular flexibility index (Phi) is 7.01. The van der Waals surface area contributed by atoms with E-state index in [0.717, 1.165) is 17.8 Å². The second kappa shape index (κ2) is 9.78. The third kappa shape index (κ3) is 5.20. The molecule has 2 atom stereocenters. The van der Waals surface area contributed by atoms with Crippen molar-refractivity contribution in [3.05, 3.63) is 40.5 Å². The highest BCUT2D eigenvalue weighted by atomic mass is 35.5. The summed E-state index contributed by atoms with van der Waals surface area (Å²) in [5.74, 6) is -0.0377. The molecule has 0 spiro atoms. The van der Waals surface area contributed by atoms with Crippen molar-refractivity contribution in [2.24, 2.45) is 0 Å². The van der Waals surface area contributed by atoms with Crippen LogP contribution in [0.3, 0.4) is 0 Å². The number of halogens is 4. The molecule has 2 aliphatic heterocycles. The summed E-state index contributed by atoms with van der Waals surface area (Å²) in [4.78, 5) is 14.8. The lowest BCUT2D eigenvalue weighted by Gasteiger charge is -2.33. The Balaban J connectivity index is 1.53. The van der Waals surface area contributed by atoms with Crippen LogP contribution in [0.1, 0.15) is 34.6 Å². The van der Waals surface area contributed by atoms with Crippen molar-refractivity contribution < 1.29 is 27.4 Å². The van der Waals surface area contributed by atoms with E-state index >= 15 is 0 Å². The Morgan fingerprint density at radius 1 is 1.30 bits per heavy atom. The molecule has 3 heterocycles. The molecule has 0 aliphatic carbocycles. The number of hydrogen-bond acceptors (Lipinski definition) is 6. The second-order valence-corrected chi connectivity index (χ2v) is 8.31. The highest BCUT2D eigenvalue weighted by molar-refractivity contribution is 6.36. The predicted octanol–water partition coefficient (Wildman–Crippen LogP) is 3.27. The number of fused-ring (bicyclic) bond motifs is 1. The summed E-state index contributed by atoms with van der Waals surface area (Å²) in [6, 6.07) is 4.17. The van der Waals surface area contributed by atoms with Gasteiger partial charge in [0.05, 0.1) is 26.4 Å². The van der Waals surface area contributed by atoms with Crippen molar-refractivity contribution in [1.29, 1.82) is 0 Å². The van der Waals surface area contributed by atoms with Gasteiger partial charge in [0.2, 0.25) is 0 Å². The summed E-state index contributed by atoms with van der Waals surface area (Å²) in [5, 5.41) is 9.55. The molecular formula is C21H25ClF3N5O3. The summed E-state index contributed by atoms with van der Waals surface area (Å²) < 4.78 is 52.9. The van der Waals surface area contributed by atoms with Crippen LogP contribution >= 0.6 is 11.6 Å². The average Bonchev–Trinajstić information content (AvgIpc) is 3.15. The maximum Gasteiger partial charge on any atom is 0.410 e. The molecule has 2 aromatic rings. The molecule has 0 radical (unpaired) electrons. The SMILES string of the molecule is COc1ccc(C2CC(C(F)(F)F)n3nc(C(=O)NCCN4CCOCC4)c(Cl)c3N2)cc1.